The summed E-state index contributed by atoms with van der Waals surface area (Å²) in [7, 11) is 0. The Morgan fingerprint density at radius 1 is 0.442 bits per heavy atom. The predicted molar refractivity (Wildman–Crippen MR) is 214 cm³/mol. The van der Waals surface area contributed by atoms with E-state index in [9.17, 15) is 0 Å². The van der Waals surface area contributed by atoms with Gasteiger partial charge in [0.25, 0.3) is 0 Å². The number of nitrogens with zero attached hydrogens (tertiary/aromatic N) is 2. The molecule has 0 amide bonds. The number of hydrogen-bond acceptors (Lipinski definition) is 2. The fourth-order valence-corrected chi connectivity index (χ4v) is 7.69. The molecule has 0 unspecified atom stereocenters. The zero-order chi connectivity index (χ0) is 34.6. The van der Waals surface area contributed by atoms with Gasteiger partial charge in [0.05, 0.1) is 22.4 Å². The van der Waals surface area contributed by atoms with Crippen molar-refractivity contribution >= 4 is 60.8 Å². The Hall–Kier alpha value is -6.91. The first kappa shape index (κ1) is 30.0. The molecule has 0 radical (unpaired) electrons. The maximum absolute atomic E-state index is 15.9. The molecule has 8 aromatic carbocycles. The van der Waals surface area contributed by atoms with Gasteiger partial charge in [-0.2, -0.15) is 0 Å². The molecular formula is C48H31FN2O. The molecule has 0 aliphatic carbocycles. The third kappa shape index (κ3) is 4.80. The van der Waals surface area contributed by atoms with Crippen LogP contribution in [0.4, 0.5) is 21.5 Å². The first-order valence-electron chi connectivity index (χ1n) is 17.5. The summed E-state index contributed by atoms with van der Waals surface area (Å²) in [5, 5.41) is 4.10. The highest BCUT2D eigenvalue weighted by Crippen LogP contribution is 2.43. The minimum absolute atomic E-state index is 0.258. The normalized spacial score (nSPS) is 11.6. The van der Waals surface area contributed by atoms with Gasteiger partial charge in [-0.05, 0) is 71.3 Å². The third-order valence-electron chi connectivity index (χ3n) is 10.1. The molecule has 0 fully saturated rings. The van der Waals surface area contributed by atoms with Crippen LogP contribution in [0.3, 0.4) is 0 Å². The second-order valence-corrected chi connectivity index (χ2v) is 13.1. The number of fused-ring (bicyclic) bond motifs is 6. The van der Waals surface area contributed by atoms with E-state index in [0.29, 0.717) is 5.52 Å². The fourth-order valence-electron chi connectivity index (χ4n) is 7.69. The molecule has 0 atom stereocenters. The standard InChI is InChI=1S/C48H31FN2O/c49-42-19-11-17-40-38-14-4-6-20-43(38)51(47(40)42)45-22-8-7-21-44(45)50(35-28-24-33(25-29-35)32-12-2-1-3-13-32)36-30-26-34(27-31-36)37-16-10-18-41-39-15-5-9-23-46(39)52-48(37)41/h1-31H. The van der Waals surface area contributed by atoms with Crippen molar-refractivity contribution in [3.05, 3.63) is 194 Å². The topological polar surface area (TPSA) is 21.3 Å². The van der Waals surface area contributed by atoms with Crippen LogP contribution in [0, 0.1) is 5.82 Å². The fraction of sp³-hybridized carbons (Fsp3) is 0. The molecule has 10 aromatic rings. The highest BCUT2D eigenvalue weighted by Gasteiger charge is 2.22. The summed E-state index contributed by atoms with van der Waals surface area (Å²) in [4.78, 5) is 2.26. The van der Waals surface area contributed by atoms with E-state index in [4.69, 9.17) is 4.42 Å². The van der Waals surface area contributed by atoms with Crippen molar-refractivity contribution in [3.63, 3.8) is 0 Å². The van der Waals surface area contributed by atoms with Gasteiger partial charge in [-0.25, -0.2) is 4.39 Å². The van der Waals surface area contributed by atoms with Crippen LogP contribution >= 0.6 is 0 Å². The van der Waals surface area contributed by atoms with Gasteiger partial charge in [-0.15, -0.1) is 0 Å². The molecule has 0 N–H and O–H groups in total. The van der Waals surface area contributed by atoms with E-state index < -0.39 is 0 Å². The minimum Gasteiger partial charge on any atom is -0.455 e. The van der Waals surface area contributed by atoms with Crippen molar-refractivity contribution in [3.8, 4) is 27.9 Å². The molecule has 4 heteroatoms. The van der Waals surface area contributed by atoms with Crippen LogP contribution in [-0.2, 0) is 0 Å². The van der Waals surface area contributed by atoms with Gasteiger partial charge in [0.1, 0.15) is 17.0 Å². The first-order chi connectivity index (χ1) is 25.7. The van der Waals surface area contributed by atoms with E-state index in [-0.39, 0.29) is 5.82 Å². The monoisotopic (exact) mass is 670 g/mol. The maximum atomic E-state index is 15.9. The van der Waals surface area contributed by atoms with Gasteiger partial charge >= 0.3 is 0 Å². The summed E-state index contributed by atoms with van der Waals surface area (Å²) in [6, 6.07) is 63.9. The van der Waals surface area contributed by atoms with Gasteiger partial charge < -0.3 is 13.9 Å². The van der Waals surface area contributed by atoms with Crippen molar-refractivity contribution in [1.29, 1.82) is 0 Å². The lowest BCUT2D eigenvalue weighted by Gasteiger charge is -2.28. The molecule has 52 heavy (non-hydrogen) atoms. The van der Waals surface area contributed by atoms with E-state index in [2.05, 4.69) is 131 Å². The number of benzene rings is 8. The molecule has 0 spiro atoms. The van der Waals surface area contributed by atoms with Crippen molar-refractivity contribution in [2.45, 2.75) is 0 Å². The second kappa shape index (κ2) is 12.1. The summed E-state index contributed by atoms with van der Waals surface area (Å²) in [5.74, 6) is -0.258. The van der Waals surface area contributed by atoms with Crippen LogP contribution < -0.4 is 4.90 Å². The Morgan fingerprint density at radius 2 is 1.04 bits per heavy atom. The van der Waals surface area contributed by atoms with Crippen molar-refractivity contribution in [2.75, 3.05) is 4.90 Å². The number of rotatable bonds is 6. The molecular weight excluding hydrogens is 640 g/mol. The highest BCUT2D eigenvalue weighted by atomic mass is 19.1. The van der Waals surface area contributed by atoms with Crippen molar-refractivity contribution in [2.24, 2.45) is 0 Å². The molecule has 0 aliphatic rings. The Kier molecular flexibility index (Phi) is 7.00. The highest BCUT2D eigenvalue weighted by molar-refractivity contribution is 6.11. The minimum atomic E-state index is -0.258. The van der Waals surface area contributed by atoms with Crippen molar-refractivity contribution < 1.29 is 8.81 Å². The largest absolute Gasteiger partial charge is 0.455 e. The van der Waals surface area contributed by atoms with Crippen LogP contribution in [0.25, 0.3) is 71.7 Å². The van der Waals surface area contributed by atoms with Crippen LogP contribution in [0.15, 0.2) is 192 Å². The number of anilines is 3. The van der Waals surface area contributed by atoms with Gasteiger partial charge in [0.2, 0.25) is 0 Å². The molecule has 0 saturated heterocycles. The Morgan fingerprint density at radius 3 is 1.85 bits per heavy atom. The first-order valence-corrected chi connectivity index (χ1v) is 17.5. The molecule has 2 heterocycles. The van der Waals surface area contributed by atoms with Gasteiger partial charge in [0, 0.05) is 38.5 Å². The Balaban J connectivity index is 1.16. The van der Waals surface area contributed by atoms with E-state index in [1.165, 1.54) is 0 Å². The Labute approximate surface area is 300 Å². The summed E-state index contributed by atoms with van der Waals surface area (Å²) in [5.41, 5.74) is 11.4. The number of para-hydroxylation sites is 6. The number of hydrogen-bond donors (Lipinski definition) is 0. The summed E-state index contributed by atoms with van der Waals surface area (Å²) < 4.78 is 24.4. The van der Waals surface area contributed by atoms with Crippen LogP contribution in [0.2, 0.25) is 0 Å². The van der Waals surface area contributed by atoms with E-state index in [1.807, 2.05) is 54.6 Å². The van der Waals surface area contributed by atoms with Gasteiger partial charge in [-0.3, -0.25) is 0 Å². The van der Waals surface area contributed by atoms with Crippen molar-refractivity contribution in [1.82, 2.24) is 4.57 Å². The SMILES string of the molecule is Fc1cccc2c3ccccc3n(-c3ccccc3N(c3ccc(-c4ccccc4)cc3)c3ccc(-c4cccc5c4oc4ccccc45)cc3)c12. The lowest BCUT2D eigenvalue weighted by atomic mass is 10.0. The molecule has 0 saturated carbocycles. The van der Waals surface area contributed by atoms with E-state index >= 15 is 4.39 Å². The number of furan rings is 1. The van der Waals surface area contributed by atoms with Crippen LogP contribution in [-0.4, -0.2) is 4.57 Å². The third-order valence-corrected chi connectivity index (χ3v) is 10.1. The zero-order valence-electron chi connectivity index (χ0n) is 28.1. The van der Waals surface area contributed by atoms with E-state index in [1.54, 1.807) is 12.1 Å². The van der Waals surface area contributed by atoms with Crippen LogP contribution in [0.5, 0.6) is 0 Å². The smallest absolute Gasteiger partial charge is 0.147 e. The average molecular weight is 671 g/mol. The lowest BCUT2D eigenvalue weighted by molar-refractivity contribution is 0.635. The van der Waals surface area contributed by atoms with Crippen LogP contribution in [0.1, 0.15) is 0 Å². The molecule has 246 valence electrons. The zero-order valence-corrected chi connectivity index (χ0v) is 28.1. The average Bonchev–Trinajstić information content (AvgIpc) is 3.76. The molecule has 2 aromatic heterocycles. The Bertz CT molecular complexity index is 2900. The molecule has 0 bridgehead atoms. The maximum Gasteiger partial charge on any atom is 0.147 e. The summed E-state index contributed by atoms with van der Waals surface area (Å²) >= 11 is 0. The van der Waals surface area contributed by atoms with E-state index in [0.717, 1.165) is 83.2 Å². The molecule has 10 rings (SSSR count). The number of aromatic nitrogens is 1. The number of halogens is 1. The molecule has 3 nitrogen and oxygen atoms in total. The summed E-state index contributed by atoms with van der Waals surface area (Å²) in [6.07, 6.45) is 0. The van der Waals surface area contributed by atoms with Gasteiger partial charge in [-0.1, -0.05) is 133 Å². The van der Waals surface area contributed by atoms with Gasteiger partial charge in [0.15, 0.2) is 0 Å². The quantitative estimate of drug-likeness (QED) is 0.176. The second-order valence-electron chi connectivity index (χ2n) is 13.1. The molecule has 0 aliphatic heterocycles. The summed E-state index contributed by atoms with van der Waals surface area (Å²) in [6.45, 7) is 0. The predicted octanol–water partition coefficient (Wildman–Crippen LogP) is 13.6. The lowest BCUT2D eigenvalue weighted by Crippen LogP contribution is -2.13.